The lowest BCUT2D eigenvalue weighted by Gasteiger charge is -2.16. The Labute approximate surface area is 162 Å². The Morgan fingerprint density at radius 3 is 2.70 bits per heavy atom. The number of anilines is 1. The molecule has 0 atom stereocenters. The van der Waals surface area contributed by atoms with E-state index >= 15 is 0 Å². The Bertz CT molecular complexity index is 1280. The molecule has 2 aromatic carbocycles. The van der Waals surface area contributed by atoms with Crippen molar-refractivity contribution in [1.29, 1.82) is 0 Å². The number of methoxy groups -OCH3 is 1. The molecule has 4 aromatic rings. The van der Waals surface area contributed by atoms with Crippen LogP contribution in [-0.4, -0.2) is 22.6 Å². The molecule has 4 rings (SSSR count). The monoisotopic (exact) mass is 423 g/mol. The van der Waals surface area contributed by atoms with Crippen molar-refractivity contribution in [1.82, 2.24) is 9.55 Å². The molecule has 0 radical (unpaired) electrons. The molecule has 2 heterocycles. The van der Waals surface area contributed by atoms with Gasteiger partial charge in [-0.3, -0.25) is 14.3 Å². The summed E-state index contributed by atoms with van der Waals surface area (Å²) in [5.41, 5.74) is 7.46. The molecule has 7 heteroatoms. The van der Waals surface area contributed by atoms with Crippen LogP contribution in [0.15, 0.2) is 64.0 Å². The number of aromatic nitrogens is 2. The van der Waals surface area contributed by atoms with Gasteiger partial charge >= 0.3 is 5.97 Å². The second kappa shape index (κ2) is 6.51. The summed E-state index contributed by atoms with van der Waals surface area (Å²) in [5.74, 6) is -0.769. The molecule has 0 saturated carbocycles. The normalized spacial score (nSPS) is 11.0. The minimum atomic E-state index is -0.769. The maximum Gasteiger partial charge on any atom is 0.345 e. The molecule has 0 aliphatic heterocycles. The number of esters is 1. The maximum absolute atomic E-state index is 13.3. The average molecular weight is 424 g/mol. The third-order valence-electron chi connectivity index (χ3n) is 4.43. The zero-order valence-corrected chi connectivity index (χ0v) is 15.9. The van der Waals surface area contributed by atoms with Crippen LogP contribution in [0.1, 0.15) is 10.4 Å². The third-order valence-corrected chi connectivity index (χ3v) is 4.93. The van der Waals surface area contributed by atoms with Crippen LogP contribution < -0.4 is 11.3 Å². The first-order valence-corrected chi connectivity index (χ1v) is 8.88. The first kappa shape index (κ1) is 17.2. The highest BCUT2D eigenvalue weighted by Crippen LogP contribution is 2.29. The van der Waals surface area contributed by atoms with E-state index in [4.69, 9.17) is 10.5 Å². The molecule has 0 aliphatic rings. The Morgan fingerprint density at radius 1 is 1.15 bits per heavy atom. The van der Waals surface area contributed by atoms with Crippen LogP contribution in [0.4, 0.5) is 5.69 Å². The van der Waals surface area contributed by atoms with Gasteiger partial charge in [-0.15, -0.1) is 0 Å². The number of pyridine rings is 2. The predicted molar refractivity (Wildman–Crippen MR) is 108 cm³/mol. The van der Waals surface area contributed by atoms with Gasteiger partial charge in [0.25, 0.3) is 5.56 Å². The van der Waals surface area contributed by atoms with Crippen LogP contribution in [0.3, 0.4) is 0 Å². The molecular weight excluding hydrogens is 410 g/mol. The van der Waals surface area contributed by atoms with E-state index in [-0.39, 0.29) is 11.3 Å². The van der Waals surface area contributed by atoms with Gasteiger partial charge in [-0.25, -0.2) is 4.79 Å². The first-order valence-electron chi connectivity index (χ1n) is 8.09. The first-order chi connectivity index (χ1) is 13.0. The molecule has 0 amide bonds. The number of ether oxygens (including phenoxy) is 1. The number of carbonyl (C=O) groups is 1. The number of hydrogen-bond donors (Lipinski definition) is 1. The van der Waals surface area contributed by atoms with Gasteiger partial charge in [0.15, 0.2) is 0 Å². The van der Waals surface area contributed by atoms with Gasteiger partial charge in [-0.1, -0.05) is 34.1 Å². The Hall–Kier alpha value is -3.19. The third kappa shape index (κ3) is 2.67. The lowest BCUT2D eigenvalue weighted by Crippen LogP contribution is -2.28. The number of nitrogens with two attached hydrogens (primary N) is 1. The zero-order chi connectivity index (χ0) is 19.1. The number of nitrogens with zero attached hydrogens (tertiary/aromatic N) is 2. The number of hydrogen-bond acceptors (Lipinski definition) is 5. The van der Waals surface area contributed by atoms with Crippen molar-refractivity contribution in [2.75, 3.05) is 12.8 Å². The maximum atomic E-state index is 13.3. The van der Waals surface area contributed by atoms with Crippen LogP contribution in [0, 0.1) is 0 Å². The number of fused-ring (bicyclic) bond motifs is 2. The van der Waals surface area contributed by atoms with Crippen LogP contribution in [0.2, 0.25) is 0 Å². The second-order valence-corrected chi connectivity index (χ2v) is 6.85. The Morgan fingerprint density at radius 2 is 1.93 bits per heavy atom. The van der Waals surface area contributed by atoms with Crippen molar-refractivity contribution >= 4 is 49.4 Å². The molecule has 134 valence electrons. The molecule has 2 N–H and O–H groups in total. The molecule has 0 bridgehead atoms. The zero-order valence-electron chi connectivity index (χ0n) is 14.3. The van der Waals surface area contributed by atoms with Crippen molar-refractivity contribution < 1.29 is 9.53 Å². The Kier molecular flexibility index (Phi) is 4.16. The molecule has 6 nitrogen and oxygen atoms in total. The van der Waals surface area contributed by atoms with Gasteiger partial charge in [0, 0.05) is 21.4 Å². The standard InChI is InChI=1S/C20H14BrN3O3/c1-27-20(26)17-18(22)13-7-6-11(21)10-16(13)24(19(17)25)15-8-9-23-14-5-3-2-4-12(14)15/h2-10H,22H2,1H3. The van der Waals surface area contributed by atoms with E-state index in [2.05, 4.69) is 20.9 Å². The summed E-state index contributed by atoms with van der Waals surface area (Å²) in [5, 5.41) is 1.36. The number of nitrogen functional groups attached to an aromatic ring is 1. The summed E-state index contributed by atoms with van der Waals surface area (Å²) in [4.78, 5) is 29.9. The summed E-state index contributed by atoms with van der Waals surface area (Å²) >= 11 is 3.44. The fourth-order valence-electron chi connectivity index (χ4n) is 3.20. The Balaban J connectivity index is 2.24. The summed E-state index contributed by atoms with van der Waals surface area (Å²) in [6.45, 7) is 0. The van der Waals surface area contributed by atoms with Crippen LogP contribution >= 0.6 is 15.9 Å². The van der Waals surface area contributed by atoms with E-state index in [9.17, 15) is 9.59 Å². The molecule has 0 aliphatic carbocycles. The number of para-hydroxylation sites is 1. The summed E-state index contributed by atoms with van der Waals surface area (Å²) in [6.07, 6.45) is 1.63. The van der Waals surface area contributed by atoms with Crippen LogP contribution in [0.5, 0.6) is 0 Å². The number of halogens is 1. The van der Waals surface area contributed by atoms with Crippen molar-refractivity contribution in [2.45, 2.75) is 0 Å². The lowest BCUT2D eigenvalue weighted by molar-refractivity contribution is 0.0600. The highest BCUT2D eigenvalue weighted by molar-refractivity contribution is 9.10. The molecular formula is C20H14BrN3O3. The van der Waals surface area contributed by atoms with E-state index in [0.717, 1.165) is 15.4 Å². The van der Waals surface area contributed by atoms with E-state index in [1.807, 2.05) is 24.3 Å². The molecule has 0 fully saturated rings. The number of rotatable bonds is 2. The minimum Gasteiger partial charge on any atom is -0.465 e. The fraction of sp³-hybridized carbons (Fsp3) is 0.0500. The molecule has 27 heavy (non-hydrogen) atoms. The van der Waals surface area contributed by atoms with Gasteiger partial charge in [-0.2, -0.15) is 0 Å². The van der Waals surface area contributed by atoms with Gasteiger partial charge in [0.2, 0.25) is 0 Å². The topological polar surface area (TPSA) is 87.2 Å². The predicted octanol–water partition coefficient (Wildman–Crippen LogP) is 3.67. The molecule has 0 spiro atoms. The second-order valence-electron chi connectivity index (χ2n) is 5.93. The molecule has 2 aromatic heterocycles. The van der Waals surface area contributed by atoms with Gasteiger partial charge in [0.1, 0.15) is 5.56 Å². The van der Waals surface area contributed by atoms with E-state index in [1.165, 1.54) is 11.7 Å². The minimum absolute atomic E-state index is 0.101. The summed E-state index contributed by atoms with van der Waals surface area (Å²) in [7, 11) is 1.22. The number of benzene rings is 2. The van der Waals surface area contributed by atoms with Crippen molar-refractivity contribution in [3.05, 3.63) is 75.1 Å². The van der Waals surface area contributed by atoms with Gasteiger partial charge in [0.05, 0.1) is 29.5 Å². The van der Waals surface area contributed by atoms with Crippen LogP contribution in [0.25, 0.3) is 27.5 Å². The summed E-state index contributed by atoms with van der Waals surface area (Å²) < 4.78 is 7.06. The molecule has 0 unspecified atom stereocenters. The van der Waals surface area contributed by atoms with E-state index in [0.29, 0.717) is 16.6 Å². The fourth-order valence-corrected chi connectivity index (χ4v) is 3.55. The van der Waals surface area contributed by atoms with Crippen molar-refractivity contribution in [2.24, 2.45) is 0 Å². The largest absolute Gasteiger partial charge is 0.465 e. The van der Waals surface area contributed by atoms with E-state index < -0.39 is 11.5 Å². The van der Waals surface area contributed by atoms with E-state index in [1.54, 1.807) is 30.5 Å². The van der Waals surface area contributed by atoms with Gasteiger partial charge in [-0.05, 0) is 30.3 Å². The van der Waals surface area contributed by atoms with Crippen molar-refractivity contribution in [3.8, 4) is 5.69 Å². The molecule has 0 saturated heterocycles. The smallest absolute Gasteiger partial charge is 0.345 e. The summed E-state index contributed by atoms with van der Waals surface area (Å²) in [6, 6.07) is 14.6. The highest BCUT2D eigenvalue weighted by atomic mass is 79.9. The quantitative estimate of drug-likeness (QED) is 0.497. The lowest BCUT2D eigenvalue weighted by atomic mass is 10.1. The van der Waals surface area contributed by atoms with Gasteiger partial charge < -0.3 is 10.5 Å². The average Bonchev–Trinajstić information content (AvgIpc) is 2.68. The highest BCUT2D eigenvalue weighted by Gasteiger charge is 2.23. The number of carbonyl (C=O) groups excluding carboxylic acids is 1. The van der Waals surface area contributed by atoms with Crippen LogP contribution in [-0.2, 0) is 4.74 Å². The SMILES string of the molecule is COC(=O)c1c(N)c2ccc(Br)cc2n(-c2ccnc3ccccc23)c1=O. The van der Waals surface area contributed by atoms with Crippen molar-refractivity contribution in [3.63, 3.8) is 0 Å².